The van der Waals surface area contributed by atoms with E-state index in [2.05, 4.69) is 10.1 Å². The maximum Gasteiger partial charge on any atom is 0.437 e. The van der Waals surface area contributed by atoms with Crippen molar-refractivity contribution in [2.75, 3.05) is 25.1 Å². The van der Waals surface area contributed by atoms with Crippen molar-refractivity contribution in [3.63, 3.8) is 0 Å². The second-order valence-electron chi connectivity index (χ2n) is 7.32. The summed E-state index contributed by atoms with van der Waals surface area (Å²) in [4.78, 5) is 17.7. The third-order valence-electron chi connectivity index (χ3n) is 4.66. The number of aromatic nitrogens is 2. The van der Waals surface area contributed by atoms with Gasteiger partial charge < -0.3 is 14.2 Å². The standard InChI is InChI=1S/C21H24F3N3O3S/c1-4-6-15-17(8-7-16-18(15)30-26-19(16)21(22,23)24)29-10-5-9-27(3)20-25-14(12-31-20)11-13(2)28/h7-8,12H,4-6,9-11H2,1-3H3. The van der Waals surface area contributed by atoms with E-state index in [-0.39, 0.29) is 16.8 Å². The van der Waals surface area contributed by atoms with E-state index in [1.54, 1.807) is 6.07 Å². The minimum Gasteiger partial charge on any atom is -0.493 e. The number of aryl methyl sites for hydroxylation is 1. The van der Waals surface area contributed by atoms with E-state index in [1.165, 1.54) is 24.3 Å². The molecule has 0 aliphatic carbocycles. The fourth-order valence-corrected chi connectivity index (χ4v) is 4.07. The second-order valence-corrected chi connectivity index (χ2v) is 8.16. The molecule has 0 aliphatic rings. The van der Waals surface area contributed by atoms with Gasteiger partial charge in [0, 0.05) is 31.0 Å². The van der Waals surface area contributed by atoms with E-state index in [0.29, 0.717) is 43.7 Å². The molecule has 0 amide bonds. The van der Waals surface area contributed by atoms with Crippen molar-refractivity contribution in [2.45, 2.75) is 45.7 Å². The predicted octanol–water partition coefficient (Wildman–Crippen LogP) is 5.29. The molecule has 0 bridgehead atoms. The highest BCUT2D eigenvalue weighted by atomic mass is 32.1. The summed E-state index contributed by atoms with van der Waals surface area (Å²) in [7, 11) is 1.91. The molecule has 3 aromatic rings. The highest BCUT2D eigenvalue weighted by Crippen LogP contribution is 2.38. The van der Waals surface area contributed by atoms with Gasteiger partial charge in [-0.15, -0.1) is 11.3 Å². The fourth-order valence-electron chi connectivity index (χ4n) is 3.25. The molecule has 0 saturated carbocycles. The molecule has 1 aromatic carbocycles. The highest BCUT2D eigenvalue weighted by molar-refractivity contribution is 7.13. The van der Waals surface area contributed by atoms with Crippen LogP contribution in [0.5, 0.6) is 5.75 Å². The average molecular weight is 456 g/mol. The number of hydrogen-bond donors (Lipinski definition) is 0. The van der Waals surface area contributed by atoms with Gasteiger partial charge in [0.15, 0.2) is 16.4 Å². The lowest BCUT2D eigenvalue weighted by atomic mass is 10.0. The van der Waals surface area contributed by atoms with E-state index in [9.17, 15) is 18.0 Å². The van der Waals surface area contributed by atoms with Crippen LogP contribution < -0.4 is 9.64 Å². The Hall–Kier alpha value is -2.62. The van der Waals surface area contributed by atoms with Gasteiger partial charge in [0.25, 0.3) is 0 Å². The molecule has 0 atom stereocenters. The van der Waals surface area contributed by atoms with Crippen LogP contribution in [0.25, 0.3) is 11.0 Å². The molecule has 31 heavy (non-hydrogen) atoms. The molecule has 0 spiro atoms. The van der Waals surface area contributed by atoms with Crippen LogP contribution in [0.4, 0.5) is 18.3 Å². The van der Waals surface area contributed by atoms with Gasteiger partial charge in [0.1, 0.15) is 11.5 Å². The zero-order valence-electron chi connectivity index (χ0n) is 17.6. The van der Waals surface area contributed by atoms with Gasteiger partial charge in [0.05, 0.1) is 17.7 Å². The lowest BCUT2D eigenvalue weighted by Crippen LogP contribution is -2.20. The largest absolute Gasteiger partial charge is 0.493 e. The van der Waals surface area contributed by atoms with Gasteiger partial charge in [-0.2, -0.15) is 13.2 Å². The molecule has 0 fully saturated rings. The molecule has 0 unspecified atom stereocenters. The summed E-state index contributed by atoms with van der Waals surface area (Å²) in [6.45, 7) is 4.54. The smallest absolute Gasteiger partial charge is 0.437 e. The van der Waals surface area contributed by atoms with E-state index >= 15 is 0 Å². The number of rotatable bonds is 10. The Bertz CT molecular complexity index is 1050. The molecule has 168 valence electrons. The Morgan fingerprint density at radius 1 is 1.32 bits per heavy atom. The first kappa shape index (κ1) is 23.1. The number of halogens is 3. The van der Waals surface area contributed by atoms with E-state index in [0.717, 1.165) is 17.2 Å². The molecule has 2 heterocycles. The van der Waals surface area contributed by atoms with Crippen molar-refractivity contribution in [1.29, 1.82) is 0 Å². The zero-order valence-corrected chi connectivity index (χ0v) is 18.4. The third kappa shape index (κ3) is 5.55. The van der Waals surface area contributed by atoms with Crippen molar-refractivity contribution >= 4 is 33.2 Å². The van der Waals surface area contributed by atoms with Crippen LogP contribution in [-0.2, 0) is 23.8 Å². The summed E-state index contributed by atoms with van der Waals surface area (Å²) >= 11 is 1.48. The third-order valence-corrected chi connectivity index (χ3v) is 5.66. The first-order chi connectivity index (χ1) is 14.7. The SMILES string of the molecule is CCCc1c(OCCCN(C)c2nc(CC(C)=O)cs2)ccc2c(C(F)(F)F)noc12. The number of anilines is 1. The summed E-state index contributed by atoms with van der Waals surface area (Å²) in [5.74, 6) is 0.585. The van der Waals surface area contributed by atoms with Gasteiger partial charge in [0.2, 0.25) is 0 Å². The summed E-state index contributed by atoms with van der Waals surface area (Å²) in [5, 5.41) is 5.89. The minimum atomic E-state index is -4.57. The molecular formula is C21H24F3N3O3S. The van der Waals surface area contributed by atoms with Gasteiger partial charge in [-0.1, -0.05) is 18.5 Å². The highest BCUT2D eigenvalue weighted by Gasteiger charge is 2.37. The summed E-state index contributed by atoms with van der Waals surface area (Å²) in [6, 6.07) is 2.90. The molecule has 3 rings (SSSR count). The first-order valence-electron chi connectivity index (χ1n) is 9.97. The number of nitrogens with zero attached hydrogens (tertiary/aromatic N) is 3. The van der Waals surface area contributed by atoms with Crippen LogP contribution in [0, 0.1) is 0 Å². The number of benzene rings is 1. The van der Waals surface area contributed by atoms with E-state index in [1.807, 2.05) is 24.3 Å². The average Bonchev–Trinajstić information content (AvgIpc) is 3.32. The molecule has 10 heteroatoms. The van der Waals surface area contributed by atoms with Crippen molar-refractivity contribution in [3.8, 4) is 5.75 Å². The van der Waals surface area contributed by atoms with Crippen molar-refractivity contribution in [2.24, 2.45) is 0 Å². The molecule has 0 N–H and O–H groups in total. The molecule has 0 saturated heterocycles. The van der Waals surface area contributed by atoms with Gasteiger partial charge in [-0.05, 0) is 31.9 Å². The second kappa shape index (κ2) is 9.67. The summed E-state index contributed by atoms with van der Waals surface area (Å²) < 4.78 is 50.3. The van der Waals surface area contributed by atoms with Crippen LogP contribution in [0.2, 0.25) is 0 Å². The number of alkyl halides is 3. The molecule has 0 radical (unpaired) electrons. The summed E-state index contributed by atoms with van der Waals surface area (Å²) in [6.07, 6.45) is -2.30. The van der Waals surface area contributed by atoms with Crippen molar-refractivity contribution in [1.82, 2.24) is 10.1 Å². The Morgan fingerprint density at radius 3 is 2.77 bits per heavy atom. The fraction of sp³-hybridized carbons (Fsp3) is 0.476. The number of Topliss-reactive ketones (excluding diaryl/α,β-unsaturated/α-hetero) is 1. The number of thiazole rings is 1. The zero-order chi connectivity index (χ0) is 22.6. The van der Waals surface area contributed by atoms with E-state index in [4.69, 9.17) is 9.26 Å². The minimum absolute atomic E-state index is 0.0480. The number of ether oxygens (including phenoxy) is 1. The normalized spacial score (nSPS) is 11.8. The van der Waals surface area contributed by atoms with Gasteiger partial charge >= 0.3 is 6.18 Å². The summed E-state index contributed by atoms with van der Waals surface area (Å²) in [5.41, 5.74) is 0.480. The maximum absolute atomic E-state index is 13.1. The lowest BCUT2D eigenvalue weighted by Gasteiger charge is -2.16. The van der Waals surface area contributed by atoms with Crippen LogP contribution in [0.3, 0.4) is 0 Å². The maximum atomic E-state index is 13.1. The number of ketones is 1. The topological polar surface area (TPSA) is 68.5 Å². The molecule has 6 nitrogen and oxygen atoms in total. The number of carbonyl (C=O) groups is 1. The van der Waals surface area contributed by atoms with Crippen LogP contribution in [0.15, 0.2) is 22.0 Å². The van der Waals surface area contributed by atoms with Crippen LogP contribution >= 0.6 is 11.3 Å². The Labute approximate surface area is 182 Å². The van der Waals surface area contributed by atoms with E-state index < -0.39 is 11.9 Å². The van der Waals surface area contributed by atoms with Gasteiger partial charge in [-0.25, -0.2) is 4.98 Å². The molecular weight excluding hydrogens is 431 g/mol. The molecule has 0 aliphatic heterocycles. The number of hydrogen-bond acceptors (Lipinski definition) is 7. The van der Waals surface area contributed by atoms with Crippen LogP contribution in [0.1, 0.15) is 43.6 Å². The monoisotopic (exact) mass is 455 g/mol. The van der Waals surface area contributed by atoms with Crippen molar-refractivity contribution in [3.05, 3.63) is 34.5 Å². The lowest BCUT2D eigenvalue weighted by molar-refractivity contribution is -0.141. The van der Waals surface area contributed by atoms with Crippen molar-refractivity contribution < 1.29 is 27.2 Å². The quantitative estimate of drug-likeness (QED) is 0.387. The van der Waals surface area contributed by atoms with Crippen LogP contribution in [-0.4, -0.2) is 36.1 Å². The molecule has 2 aromatic heterocycles. The van der Waals surface area contributed by atoms with Gasteiger partial charge in [-0.3, -0.25) is 4.79 Å². The Morgan fingerprint density at radius 2 is 2.10 bits per heavy atom. The number of fused-ring (bicyclic) bond motifs is 1. The first-order valence-corrected chi connectivity index (χ1v) is 10.8. The number of carbonyl (C=O) groups excluding carboxylic acids is 1. The predicted molar refractivity (Wildman–Crippen MR) is 113 cm³/mol. The Balaban J connectivity index is 1.63. The Kier molecular flexibility index (Phi) is 7.19.